The van der Waals surface area contributed by atoms with Crippen LogP contribution in [0.3, 0.4) is 0 Å². The summed E-state index contributed by atoms with van der Waals surface area (Å²) in [5.41, 5.74) is -0.954. The first-order chi connectivity index (χ1) is 11.0. The summed E-state index contributed by atoms with van der Waals surface area (Å²) in [6.07, 6.45) is 2.57. The number of benzene rings is 1. The van der Waals surface area contributed by atoms with Crippen molar-refractivity contribution < 1.29 is 18.3 Å². The fraction of sp³-hybridized carbons (Fsp3) is 0.143. The molecule has 0 spiro atoms. The van der Waals surface area contributed by atoms with Gasteiger partial charge in [0.25, 0.3) is 0 Å². The molecule has 2 heterocycles. The lowest BCUT2D eigenvalue weighted by atomic mass is 10.1. The third kappa shape index (κ3) is 2.59. The van der Waals surface area contributed by atoms with Gasteiger partial charge in [-0.3, -0.25) is 9.36 Å². The highest BCUT2D eigenvalue weighted by atomic mass is 32.1. The van der Waals surface area contributed by atoms with Gasteiger partial charge in [-0.05, 0) is 13.0 Å². The van der Waals surface area contributed by atoms with Crippen LogP contribution >= 0.6 is 11.7 Å². The summed E-state index contributed by atoms with van der Waals surface area (Å²) >= 11 is 0.896. The Balaban J connectivity index is 2.40. The number of esters is 1. The van der Waals surface area contributed by atoms with E-state index in [0.717, 1.165) is 23.9 Å². The number of halogens is 2. The Morgan fingerprint density at radius 3 is 2.74 bits per heavy atom. The number of hydrogen-bond donors (Lipinski definition) is 0. The lowest BCUT2D eigenvalue weighted by Crippen LogP contribution is -2.21. The molecule has 0 saturated heterocycles. The van der Waals surface area contributed by atoms with Crippen LogP contribution in [0.5, 0.6) is 0 Å². The molecule has 2 aromatic heterocycles. The first kappa shape index (κ1) is 15.2. The van der Waals surface area contributed by atoms with E-state index in [0.29, 0.717) is 0 Å². The van der Waals surface area contributed by atoms with Gasteiger partial charge in [-0.25, -0.2) is 13.6 Å². The Morgan fingerprint density at radius 1 is 1.35 bits per heavy atom. The summed E-state index contributed by atoms with van der Waals surface area (Å²) in [5, 5.41) is -0.151. The van der Waals surface area contributed by atoms with Crippen molar-refractivity contribution in [1.29, 1.82) is 0 Å². The molecule has 23 heavy (non-hydrogen) atoms. The van der Waals surface area contributed by atoms with Gasteiger partial charge in [-0.15, -0.1) is 0 Å². The molecule has 0 radical (unpaired) electrons. The van der Waals surface area contributed by atoms with Crippen molar-refractivity contribution in [3.63, 3.8) is 0 Å². The molecule has 9 heteroatoms. The molecular weight excluding hydrogens is 328 g/mol. The lowest BCUT2D eigenvalue weighted by molar-refractivity contribution is 0.0524. The van der Waals surface area contributed by atoms with E-state index in [2.05, 4.69) is 8.75 Å². The number of carbonyl (C=O) groups is 1. The molecule has 3 aromatic rings. The Hall–Kier alpha value is -2.68. The van der Waals surface area contributed by atoms with Crippen LogP contribution in [-0.2, 0) is 4.74 Å². The van der Waals surface area contributed by atoms with Gasteiger partial charge in [-0.1, -0.05) is 0 Å². The van der Waals surface area contributed by atoms with Crippen LogP contribution in [0.25, 0.3) is 16.7 Å². The van der Waals surface area contributed by atoms with Crippen molar-refractivity contribution >= 4 is 28.6 Å². The van der Waals surface area contributed by atoms with Crippen molar-refractivity contribution in [2.75, 3.05) is 6.61 Å². The number of hydrogen-bond acceptors (Lipinski definition) is 6. The molecule has 0 amide bonds. The van der Waals surface area contributed by atoms with Crippen LogP contribution in [-0.4, -0.2) is 25.9 Å². The predicted molar refractivity (Wildman–Crippen MR) is 78.9 cm³/mol. The van der Waals surface area contributed by atoms with Crippen molar-refractivity contribution in [2.45, 2.75) is 6.92 Å². The Labute approximate surface area is 132 Å². The highest BCUT2D eigenvalue weighted by Gasteiger charge is 2.19. The Morgan fingerprint density at radius 2 is 2.09 bits per heavy atom. The van der Waals surface area contributed by atoms with Crippen LogP contribution in [0.4, 0.5) is 8.78 Å². The van der Waals surface area contributed by atoms with Crippen LogP contribution in [0.2, 0.25) is 0 Å². The number of fused-ring (bicyclic) bond motifs is 1. The molecule has 0 saturated carbocycles. The summed E-state index contributed by atoms with van der Waals surface area (Å²) < 4.78 is 41.0. The van der Waals surface area contributed by atoms with E-state index in [4.69, 9.17) is 4.74 Å². The monoisotopic (exact) mass is 337 g/mol. The van der Waals surface area contributed by atoms with E-state index < -0.39 is 23.0 Å². The number of rotatable bonds is 3. The lowest BCUT2D eigenvalue weighted by Gasteiger charge is -2.11. The first-order valence-electron chi connectivity index (χ1n) is 6.52. The fourth-order valence-electron chi connectivity index (χ4n) is 2.13. The number of aromatic nitrogens is 3. The van der Waals surface area contributed by atoms with Crippen LogP contribution in [0.1, 0.15) is 17.3 Å². The van der Waals surface area contributed by atoms with Gasteiger partial charge in [0, 0.05) is 12.3 Å². The number of carbonyl (C=O) groups excluding carboxylic acids is 1. The molecule has 0 aliphatic rings. The van der Waals surface area contributed by atoms with Gasteiger partial charge in [0.2, 0.25) is 5.43 Å². The minimum Gasteiger partial charge on any atom is -0.462 e. The van der Waals surface area contributed by atoms with Gasteiger partial charge in [-0.2, -0.15) is 8.75 Å². The number of nitrogens with zero attached hydrogens (tertiary/aromatic N) is 3. The first-order valence-corrected chi connectivity index (χ1v) is 7.25. The molecule has 0 bridgehead atoms. The zero-order chi connectivity index (χ0) is 16.6. The third-order valence-corrected chi connectivity index (χ3v) is 3.61. The Kier molecular flexibility index (Phi) is 3.87. The van der Waals surface area contributed by atoms with Crippen LogP contribution in [0.15, 0.2) is 29.3 Å². The summed E-state index contributed by atoms with van der Waals surface area (Å²) in [6.45, 7) is 1.67. The maximum atomic E-state index is 13.6. The summed E-state index contributed by atoms with van der Waals surface area (Å²) in [4.78, 5) is 24.3. The normalized spacial score (nSPS) is 10.9. The van der Waals surface area contributed by atoms with Gasteiger partial charge in [0.05, 0.1) is 35.4 Å². The second-order valence-electron chi connectivity index (χ2n) is 4.51. The summed E-state index contributed by atoms with van der Waals surface area (Å²) in [6, 6.07) is 1.63. The minimum absolute atomic E-state index is 0.0757. The fourth-order valence-corrected chi connectivity index (χ4v) is 2.54. The quantitative estimate of drug-likeness (QED) is 0.686. The average Bonchev–Trinajstić information content (AvgIpc) is 3.04. The van der Waals surface area contributed by atoms with Gasteiger partial charge >= 0.3 is 5.97 Å². The molecule has 0 unspecified atom stereocenters. The minimum atomic E-state index is -1.18. The van der Waals surface area contributed by atoms with E-state index in [-0.39, 0.29) is 28.9 Å². The molecule has 0 N–H and O–H groups in total. The van der Waals surface area contributed by atoms with Crippen LogP contribution < -0.4 is 5.43 Å². The van der Waals surface area contributed by atoms with Gasteiger partial charge in [0.15, 0.2) is 17.5 Å². The topological polar surface area (TPSA) is 74.1 Å². The zero-order valence-electron chi connectivity index (χ0n) is 11.7. The molecule has 1 aromatic carbocycles. The largest absolute Gasteiger partial charge is 0.462 e. The second-order valence-corrected chi connectivity index (χ2v) is 5.07. The molecule has 118 valence electrons. The maximum absolute atomic E-state index is 13.6. The summed E-state index contributed by atoms with van der Waals surface area (Å²) in [5.74, 6) is -2.87. The second kappa shape index (κ2) is 5.84. The third-order valence-electron chi connectivity index (χ3n) is 3.14. The molecule has 0 aliphatic carbocycles. The number of ether oxygens (including phenoxy) is 1. The smallest absolute Gasteiger partial charge is 0.343 e. The van der Waals surface area contributed by atoms with Crippen molar-refractivity contribution in [3.05, 3.63) is 51.9 Å². The number of pyridine rings is 1. The molecular formula is C14H9F2N3O3S. The molecule has 0 fully saturated rings. The molecule has 0 aliphatic heterocycles. The van der Waals surface area contributed by atoms with Crippen molar-refractivity contribution in [3.8, 4) is 5.82 Å². The zero-order valence-corrected chi connectivity index (χ0v) is 12.6. The van der Waals surface area contributed by atoms with E-state index in [1.807, 2.05) is 0 Å². The van der Waals surface area contributed by atoms with Crippen molar-refractivity contribution in [2.24, 2.45) is 0 Å². The van der Waals surface area contributed by atoms with E-state index >= 15 is 0 Å². The average molecular weight is 337 g/mol. The SMILES string of the molecule is CCOC(=O)c1cn(-c2cnsn2)c2cc(F)c(F)cc2c1=O. The predicted octanol–water partition coefficient (Wildman–Crippen LogP) is 2.30. The van der Waals surface area contributed by atoms with Gasteiger partial charge < -0.3 is 4.74 Å². The maximum Gasteiger partial charge on any atom is 0.343 e. The highest BCUT2D eigenvalue weighted by molar-refractivity contribution is 6.99. The summed E-state index contributed by atoms with van der Waals surface area (Å²) in [7, 11) is 0. The molecule has 3 rings (SSSR count). The van der Waals surface area contributed by atoms with Crippen molar-refractivity contribution in [1.82, 2.24) is 13.3 Å². The molecule has 0 atom stereocenters. The van der Waals surface area contributed by atoms with E-state index in [1.54, 1.807) is 6.92 Å². The van der Waals surface area contributed by atoms with E-state index in [9.17, 15) is 18.4 Å². The molecule has 6 nitrogen and oxygen atoms in total. The van der Waals surface area contributed by atoms with E-state index in [1.165, 1.54) is 17.0 Å². The standard InChI is InChI=1S/C14H9F2N3O3S/c1-2-22-14(21)8-6-19(12-5-17-23-18-12)11-4-10(16)9(15)3-7(11)13(8)20/h3-6H,2H2,1H3. The van der Waals surface area contributed by atoms with Gasteiger partial charge in [0.1, 0.15) is 5.56 Å². The van der Waals surface area contributed by atoms with Crippen LogP contribution in [0, 0.1) is 11.6 Å². The Bertz CT molecular complexity index is 954. The highest BCUT2D eigenvalue weighted by Crippen LogP contribution is 2.20.